The van der Waals surface area contributed by atoms with E-state index in [1.54, 1.807) is 26.9 Å². The summed E-state index contributed by atoms with van der Waals surface area (Å²) >= 11 is 0. The summed E-state index contributed by atoms with van der Waals surface area (Å²) < 4.78 is 6.84. The maximum atomic E-state index is 14.3. The summed E-state index contributed by atoms with van der Waals surface area (Å²) in [7, 11) is 0. The molecule has 0 aromatic rings. The Morgan fingerprint density at radius 2 is 1.76 bits per heavy atom. The SMILES string of the molecule is C=CCN(CCCC)C(=O)C1N([C@@H](CC)CO)C(=O)[C@@H]2[C@H](C(=O)N(CC=C)CCC)[C@@]3(C)OC12CC3C. The number of carbonyl (C=O) groups is 3. The first kappa shape index (κ1) is 29.4. The molecule has 0 aliphatic carbocycles. The van der Waals surface area contributed by atoms with Crippen molar-refractivity contribution in [3.8, 4) is 0 Å². The molecule has 0 saturated carbocycles. The second-order valence-corrected chi connectivity index (χ2v) is 11.2. The highest BCUT2D eigenvalue weighted by atomic mass is 16.5. The summed E-state index contributed by atoms with van der Waals surface area (Å²) in [4.78, 5) is 47.8. The van der Waals surface area contributed by atoms with E-state index in [0.29, 0.717) is 39.0 Å². The molecule has 3 heterocycles. The molecule has 2 bridgehead atoms. The number of rotatable bonds is 14. The smallest absolute Gasteiger partial charge is 0.248 e. The summed E-state index contributed by atoms with van der Waals surface area (Å²) in [5, 5.41) is 10.3. The van der Waals surface area contributed by atoms with Crippen LogP contribution in [0.25, 0.3) is 0 Å². The van der Waals surface area contributed by atoms with Crippen LogP contribution >= 0.6 is 0 Å². The molecule has 3 saturated heterocycles. The highest BCUT2D eigenvalue weighted by molar-refractivity contribution is 5.99. The minimum atomic E-state index is -1.11. The summed E-state index contributed by atoms with van der Waals surface area (Å²) in [5.74, 6) is -2.04. The van der Waals surface area contributed by atoms with Gasteiger partial charge in [0.1, 0.15) is 11.6 Å². The van der Waals surface area contributed by atoms with Gasteiger partial charge in [0.25, 0.3) is 0 Å². The zero-order chi connectivity index (χ0) is 27.5. The first-order valence-electron chi connectivity index (χ1n) is 14.1. The molecule has 0 aromatic carbocycles. The number of ether oxygens (including phenoxy) is 1. The Kier molecular flexibility index (Phi) is 9.27. The van der Waals surface area contributed by atoms with Crippen molar-refractivity contribution in [2.45, 2.75) is 90.0 Å². The maximum Gasteiger partial charge on any atom is 0.248 e. The summed E-state index contributed by atoms with van der Waals surface area (Å²) in [6.45, 7) is 19.3. The second kappa shape index (κ2) is 11.7. The van der Waals surface area contributed by atoms with Crippen LogP contribution in [0.5, 0.6) is 0 Å². The van der Waals surface area contributed by atoms with Crippen LogP contribution < -0.4 is 0 Å². The van der Waals surface area contributed by atoms with Crippen LogP contribution in [0, 0.1) is 17.8 Å². The van der Waals surface area contributed by atoms with Gasteiger partial charge in [0.05, 0.1) is 30.1 Å². The minimum Gasteiger partial charge on any atom is -0.394 e. The van der Waals surface area contributed by atoms with Crippen LogP contribution in [-0.4, -0.2) is 93.6 Å². The Morgan fingerprint density at radius 3 is 2.27 bits per heavy atom. The molecule has 3 aliphatic heterocycles. The monoisotopic (exact) mass is 517 g/mol. The second-order valence-electron chi connectivity index (χ2n) is 11.2. The van der Waals surface area contributed by atoms with Gasteiger partial charge in [0.2, 0.25) is 17.7 Å². The highest BCUT2D eigenvalue weighted by Gasteiger charge is 2.80. The number of aliphatic hydroxyl groups excluding tert-OH is 1. The third-order valence-corrected chi connectivity index (χ3v) is 8.93. The Balaban J connectivity index is 2.15. The van der Waals surface area contributed by atoms with E-state index < -0.39 is 35.1 Å². The third kappa shape index (κ3) is 4.65. The highest BCUT2D eigenvalue weighted by Crippen LogP contribution is 2.65. The van der Waals surface area contributed by atoms with Crippen molar-refractivity contribution in [1.82, 2.24) is 14.7 Å². The predicted molar refractivity (Wildman–Crippen MR) is 144 cm³/mol. The van der Waals surface area contributed by atoms with Gasteiger partial charge in [-0.1, -0.05) is 46.3 Å². The zero-order valence-electron chi connectivity index (χ0n) is 23.4. The lowest BCUT2D eigenvalue weighted by Crippen LogP contribution is -2.59. The molecule has 0 aromatic heterocycles. The van der Waals surface area contributed by atoms with Gasteiger partial charge in [-0.25, -0.2) is 0 Å². The fourth-order valence-corrected chi connectivity index (χ4v) is 7.02. The molecule has 208 valence electrons. The van der Waals surface area contributed by atoms with Crippen LogP contribution in [0.4, 0.5) is 0 Å². The van der Waals surface area contributed by atoms with Crippen molar-refractivity contribution in [3.63, 3.8) is 0 Å². The molecule has 0 radical (unpaired) electrons. The van der Waals surface area contributed by atoms with Crippen LogP contribution in [0.3, 0.4) is 0 Å². The van der Waals surface area contributed by atoms with Crippen molar-refractivity contribution in [2.24, 2.45) is 17.8 Å². The van der Waals surface area contributed by atoms with Crippen LogP contribution in [0.15, 0.2) is 25.3 Å². The predicted octanol–water partition coefficient (Wildman–Crippen LogP) is 3.01. The van der Waals surface area contributed by atoms with Gasteiger partial charge < -0.3 is 24.5 Å². The van der Waals surface area contributed by atoms with Crippen molar-refractivity contribution in [1.29, 1.82) is 0 Å². The lowest BCUT2D eigenvalue weighted by molar-refractivity contribution is -0.157. The Labute approximate surface area is 222 Å². The fraction of sp³-hybridized carbons (Fsp3) is 0.759. The molecule has 3 amide bonds. The number of unbranched alkanes of at least 4 members (excludes halogenated alkanes) is 1. The third-order valence-electron chi connectivity index (χ3n) is 8.93. The average Bonchev–Trinajstić information content (AvgIpc) is 3.38. The molecule has 3 unspecified atom stereocenters. The lowest BCUT2D eigenvalue weighted by atomic mass is 9.62. The number of nitrogens with zero attached hydrogens (tertiary/aromatic N) is 3. The molecule has 7 atom stereocenters. The Hall–Kier alpha value is -2.19. The van der Waals surface area contributed by atoms with Crippen LogP contribution in [0.1, 0.15) is 66.7 Å². The summed E-state index contributed by atoms with van der Waals surface area (Å²) in [5.41, 5.74) is -1.97. The molecule has 8 nitrogen and oxygen atoms in total. The molecule has 1 spiro atoms. The number of carbonyl (C=O) groups excluding carboxylic acids is 3. The van der Waals surface area contributed by atoms with Gasteiger partial charge >= 0.3 is 0 Å². The Morgan fingerprint density at radius 1 is 1.14 bits per heavy atom. The van der Waals surface area contributed by atoms with Crippen molar-refractivity contribution >= 4 is 17.7 Å². The zero-order valence-corrected chi connectivity index (χ0v) is 23.4. The number of hydrogen-bond donors (Lipinski definition) is 1. The maximum absolute atomic E-state index is 14.3. The van der Waals surface area contributed by atoms with Crippen molar-refractivity contribution in [3.05, 3.63) is 25.3 Å². The molecule has 8 heteroatoms. The standard InChI is InChI=1S/C29H47N3O5/c1-8-13-17-31(16-11-4)27(36)24-29-18-20(6)28(7,37-29)22(25(34)30(14-9-2)15-10-3)23(29)26(35)32(24)21(12-5)19-33/h9,11,20-24,33H,2,4,8,10,12-19H2,1,3,5-7H3/t20?,21-,22+,23-,24?,28-,29?/m0/s1. The number of hydrogen-bond acceptors (Lipinski definition) is 5. The quantitative estimate of drug-likeness (QED) is 0.358. The van der Waals surface area contributed by atoms with E-state index in [1.165, 1.54) is 0 Å². The van der Waals surface area contributed by atoms with E-state index in [1.807, 2.05) is 20.8 Å². The molecule has 3 aliphatic rings. The molecule has 3 fully saturated rings. The normalized spacial score (nSPS) is 32.8. The van der Waals surface area contributed by atoms with Crippen LogP contribution in [-0.2, 0) is 19.1 Å². The first-order valence-corrected chi connectivity index (χ1v) is 14.1. The largest absolute Gasteiger partial charge is 0.394 e. The van der Waals surface area contributed by atoms with E-state index >= 15 is 0 Å². The van der Waals surface area contributed by atoms with Crippen LogP contribution in [0.2, 0.25) is 0 Å². The molecular weight excluding hydrogens is 470 g/mol. The lowest BCUT2D eigenvalue weighted by Gasteiger charge is -2.39. The van der Waals surface area contributed by atoms with Crippen molar-refractivity contribution in [2.75, 3.05) is 32.8 Å². The van der Waals surface area contributed by atoms with E-state index in [4.69, 9.17) is 4.74 Å². The average molecular weight is 518 g/mol. The first-order chi connectivity index (χ1) is 17.6. The van der Waals surface area contributed by atoms with Gasteiger partial charge in [-0.2, -0.15) is 0 Å². The van der Waals surface area contributed by atoms with Crippen molar-refractivity contribution < 1.29 is 24.2 Å². The summed E-state index contributed by atoms with van der Waals surface area (Å²) in [6, 6.07) is -1.42. The van der Waals surface area contributed by atoms with Gasteiger partial charge in [-0.3, -0.25) is 14.4 Å². The minimum absolute atomic E-state index is 0.0225. The number of likely N-dealkylation sites (tertiary alicyclic amines) is 1. The van der Waals surface area contributed by atoms with Gasteiger partial charge in [0.15, 0.2) is 0 Å². The van der Waals surface area contributed by atoms with E-state index in [-0.39, 0.29) is 30.2 Å². The molecule has 37 heavy (non-hydrogen) atoms. The number of fused-ring (bicyclic) bond motifs is 1. The molecule has 3 rings (SSSR count). The van der Waals surface area contributed by atoms with Gasteiger partial charge in [0, 0.05) is 26.2 Å². The van der Waals surface area contributed by atoms with E-state index in [9.17, 15) is 19.5 Å². The number of aliphatic hydroxyl groups is 1. The topological polar surface area (TPSA) is 90.4 Å². The Bertz CT molecular complexity index is 889. The van der Waals surface area contributed by atoms with E-state index in [2.05, 4.69) is 27.0 Å². The van der Waals surface area contributed by atoms with Gasteiger partial charge in [-0.15, -0.1) is 13.2 Å². The molecule has 1 N–H and O–H groups in total. The fourth-order valence-electron chi connectivity index (χ4n) is 7.02. The molecular formula is C29H47N3O5. The number of amides is 3. The van der Waals surface area contributed by atoms with E-state index in [0.717, 1.165) is 19.3 Å². The van der Waals surface area contributed by atoms with Gasteiger partial charge in [-0.05, 0) is 38.5 Å². The summed E-state index contributed by atoms with van der Waals surface area (Å²) in [6.07, 6.45) is 6.96.